The first-order valence-electron chi connectivity index (χ1n) is 9.08. The zero-order valence-electron chi connectivity index (χ0n) is 16.3. The monoisotopic (exact) mass is 572 g/mol. The molecule has 3 heterocycles. The van der Waals surface area contributed by atoms with Crippen molar-refractivity contribution in [2.45, 2.75) is 23.6 Å². The van der Waals surface area contributed by atoms with Gasteiger partial charge in [0, 0.05) is 45.6 Å². The fourth-order valence-electron chi connectivity index (χ4n) is 3.30. The molecule has 8 nitrogen and oxygen atoms in total. The van der Waals surface area contributed by atoms with Crippen LogP contribution in [0.2, 0.25) is 4.34 Å². The van der Waals surface area contributed by atoms with E-state index < -0.39 is 10.0 Å². The number of rotatable bonds is 6. The molecule has 2 aromatic heterocycles. The number of nitrogens with one attached hydrogen (secondary N) is 2. The predicted octanol–water partition coefficient (Wildman–Crippen LogP) is 2.65. The van der Waals surface area contributed by atoms with Crippen molar-refractivity contribution >= 4 is 62.9 Å². The van der Waals surface area contributed by atoms with Crippen LogP contribution in [-0.4, -0.2) is 62.1 Å². The van der Waals surface area contributed by atoms with Crippen molar-refractivity contribution in [3.05, 3.63) is 35.2 Å². The summed E-state index contributed by atoms with van der Waals surface area (Å²) in [5, 5.41) is 3.25. The predicted molar refractivity (Wildman–Crippen MR) is 128 cm³/mol. The number of hydrogen-bond acceptors (Lipinski definition) is 5. The van der Waals surface area contributed by atoms with E-state index in [0.717, 1.165) is 36.8 Å². The second kappa shape index (κ2) is 10.9. The van der Waals surface area contributed by atoms with Crippen LogP contribution < -0.4 is 10.0 Å². The van der Waals surface area contributed by atoms with Crippen molar-refractivity contribution < 1.29 is 8.42 Å². The van der Waals surface area contributed by atoms with Crippen molar-refractivity contribution in [3.63, 3.8) is 0 Å². The van der Waals surface area contributed by atoms with E-state index in [0.29, 0.717) is 22.8 Å². The molecule has 162 valence electrons. The second-order valence-corrected chi connectivity index (χ2v) is 10.4. The van der Waals surface area contributed by atoms with Gasteiger partial charge in [-0.1, -0.05) is 18.5 Å². The standard InChI is InChI=1S/C17H25ClN6O2S2.HI/c1-13-5-9-23(11-14(13)24-10-8-20-12-24)17(19-2)21-6-7-22-28(25,26)16-4-3-15(18)27-16;/h3-4,8,10,12-14,22H,5-7,9,11H2,1-2H3,(H,19,21);1H. The van der Waals surface area contributed by atoms with Crippen LogP contribution in [0.15, 0.2) is 40.1 Å². The first kappa shape index (κ1) is 24.4. The van der Waals surface area contributed by atoms with Gasteiger partial charge in [0.15, 0.2) is 5.96 Å². The van der Waals surface area contributed by atoms with E-state index >= 15 is 0 Å². The van der Waals surface area contributed by atoms with E-state index in [9.17, 15) is 8.42 Å². The number of aromatic nitrogens is 2. The van der Waals surface area contributed by atoms with Crippen LogP contribution in [0, 0.1) is 5.92 Å². The summed E-state index contributed by atoms with van der Waals surface area (Å²) in [6, 6.07) is 3.42. The van der Waals surface area contributed by atoms with Gasteiger partial charge < -0.3 is 14.8 Å². The minimum atomic E-state index is -3.53. The Morgan fingerprint density at radius 3 is 2.83 bits per heavy atom. The van der Waals surface area contributed by atoms with Crippen molar-refractivity contribution in [2.24, 2.45) is 10.9 Å². The molecule has 2 atom stereocenters. The number of hydrogen-bond donors (Lipinski definition) is 2. The van der Waals surface area contributed by atoms with Crippen LogP contribution in [0.3, 0.4) is 0 Å². The minimum Gasteiger partial charge on any atom is -0.355 e. The Balaban J connectivity index is 0.00000300. The molecule has 0 aliphatic carbocycles. The van der Waals surface area contributed by atoms with E-state index in [1.807, 2.05) is 12.5 Å². The molecule has 0 amide bonds. The topological polar surface area (TPSA) is 91.6 Å². The maximum Gasteiger partial charge on any atom is 0.250 e. The summed E-state index contributed by atoms with van der Waals surface area (Å²) < 4.78 is 29.9. The van der Waals surface area contributed by atoms with Gasteiger partial charge in [-0.05, 0) is 24.5 Å². The smallest absolute Gasteiger partial charge is 0.250 e. The van der Waals surface area contributed by atoms with Crippen LogP contribution in [0.1, 0.15) is 19.4 Å². The summed E-state index contributed by atoms with van der Waals surface area (Å²) in [6.07, 6.45) is 6.69. The molecular formula is C17H26ClIN6O2S2. The molecule has 3 rings (SSSR count). The van der Waals surface area contributed by atoms with Crippen LogP contribution in [0.25, 0.3) is 0 Å². The largest absolute Gasteiger partial charge is 0.355 e. The number of piperidine rings is 1. The van der Waals surface area contributed by atoms with Gasteiger partial charge in [0.05, 0.1) is 16.7 Å². The molecule has 0 spiro atoms. The van der Waals surface area contributed by atoms with Crippen LogP contribution in [0.4, 0.5) is 0 Å². The molecule has 1 aliphatic rings. The summed E-state index contributed by atoms with van der Waals surface area (Å²) in [6.45, 7) is 4.69. The Hall–Kier alpha value is -0.890. The molecular weight excluding hydrogens is 547 g/mol. The Morgan fingerprint density at radius 1 is 1.41 bits per heavy atom. The number of likely N-dealkylation sites (tertiary alicyclic amines) is 1. The second-order valence-electron chi connectivity index (χ2n) is 6.72. The summed E-state index contributed by atoms with van der Waals surface area (Å²) in [4.78, 5) is 10.7. The summed E-state index contributed by atoms with van der Waals surface area (Å²) in [5.41, 5.74) is 0. The quantitative estimate of drug-likeness (QED) is 0.240. The Bertz CT molecular complexity index is 903. The Labute approximate surface area is 197 Å². The van der Waals surface area contributed by atoms with Crippen LogP contribution >= 0.6 is 46.9 Å². The fourth-order valence-corrected chi connectivity index (χ4v) is 5.86. The van der Waals surface area contributed by atoms with Gasteiger partial charge >= 0.3 is 0 Å². The van der Waals surface area contributed by atoms with Crippen molar-refractivity contribution in [1.29, 1.82) is 0 Å². The van der Waals surface area contributed by atoms with Crippen LogP contribution in [0.5, 0.6) is 0 Å². The van der Waals surface area contributed by atoms with Crippen LogP contribution in [-0.2, 0) is 10.0 Å². The molecule has 1 saturated heterocycles. The molecule has 0 saturated carbocycles. The normalized spacial score (nSPS) is 20.4. The summed E-state index contributed by atoms with van der Waals surface area (Å²) >= 11 is 6.86. The number of halogens is 2. The molecule has 0 aromatic carbocycles. The summed E-state index contributed by atoms with van der Waals surface area (Å²) in [7, 11) is -1.79. The molecule has 1 fully saturated rings. The summed E-state index contributed by atoms with van der Waals surface area (Å²) in [5.74, 6) is 1.32. The molecule has 29 heavy (non-hydrogen) atoms. The molecule has 2 aromatic rings. The van der Waals surface area contributed by atoms with E-state index in [1.54, 1.807) is 19.3 Å². The molecule has 0 bridgehead atoms. The third kappa shape index (κ3) is 6.29. The fraction of sp³-hybridized carbons (Fsp3) is 0.529. The molecule has 2 N–H and O–H groups in total. The lowest BCUT2D eigenvalue weighted by Gasteiger charge is -2.39. The van der Waals surface area contributed by atoms with E-state index in [-0.39, 0.29) is 34.7 Å². The number of nitrogens with zero attached hydrogens (tertiary/aromatic N) is 4. The highest BCUT2D eigenvalue weighted by atomic mass is 127. The number of sulfonamides is 1. The SMILES string of the molecule is CN=C(NCCNS(=O)(=O)c1ccc(Cl)s1)N1CCC(C)C(n2ccnc2)C1.I. The Kier molecular flexibility index (Phi) is 9.19. The molecule has 1 aliphatic heterocycles. The number of guanidine groups is 1. The number of imidazole rings is 1. The lowest BCUT2D eigenvalue weighted by atomic mass is 9.93. The Morgan fingerprint density at radius 2 is 2.21 bits per heavy atom. The van der Waals surface area contributed by atoms with Gasteiger partial charge in [0.1, 0.15) is 4.21 Å². The lowest BCUT2D eigenvalue weighted by Crippen LogP contribution is -2.50. The third-order valence-electron chi connectivity index (χ3n) is 4.85. The van der Waals surface area contributed by atoms with Gasteiger partial charge in [0.2, 0.25) is 10.0 Å². The number of aliphatic imine (C=N–C) groups is 1. The first-order valence-corrected chi connectivity index (χ1v) is 11.8. The molecule has 2 unspecified atom stereocenters. The average molecular weight is 573 g/mol. The zero-order chi connectivity index (χ0) is 20.1. The van der Waals surface area contributed by atoms with E-state index in [2.05, 4.69) is 36.4 Å². The zero-order valence-corrected chi connectivity index (χ0v) is 21.0. The highest BCUT2D eigenvalue weighted by Crippen LogP contribution is 2.27. The maximum atomic E-state index is 12.2. The number of thiophene rings is 1. The highest BCUT2D eigenvalue weighted by Gasteiger charge is 2.28. The lowest BCUT2D eigenvalue weighted by molar-refractivity contribution is 0.189. The van der Waals surface area contributed by atoms with Gasteiger partial charge in [0.25, 0.3) is 0 Å². The molecule has 12 heteroatoms. The van der Waals surface area contributed by atoms with Crippen molar-refractivity contribution in [3.8, 4) is 0 Å². The van der Waals surface area contributed by atoms with E-state index in [1.165, 1.54) is 6.07 Å². The van der Waals surface area contributed by atoms with Gasteiger partial charge in [-0.2, -0.15) is 0 Å². The van der Waals surface area contributed by atoms with Gasteiger partial charge in [-0.3, -0.25) is 4.99 Å². The highest BCUT2D eigenvalue weighted by molar-refractivity contribution is 14.0. The van der Waals surface area contributed by atoms with Crippen molar-refractivity contribution in [2.75, 3.05) is 33.2 Å². The maximum absolute atomic E-state index is 12.2. The van der Waals surface area contributed by atoms with Gasteiger partial charge in [-0.15, -0.1) is 35.3 Å². The van der Waals surface area contributed by atoms with E-state index in [4.69, 9.17) is 11.6 Å². The van der Waals surface area contributed by atoms with Gasteiger partial charge in [-0.25, -0.2) is 18.1 Å². The first-order chi connectivity index (χ1) is 13.4. The molecule has 0 radical (unpaired) electrons. The van der Waals surface area contributed by atoms with Crippen molar-refractivity contribution in [1.82, 2.24) is 24.5 Å². The minimum absolute atomic E-state index is 0. The average Bonchev–Trinajstić information content (AvgIpc) is 3.34. The third-order valence-corrected chi connectivity index (χ3v) is 8.04.